The summed E-state index contributed by atoms with van der Waals surface area (Å²) in [7, 11) is 0. The van der Waals surface area contributed by atoms with Gasteiger partial charge in [-0.3, -0.25) is 9.59 Å². The number of amides is 2. The number of nitrogens with one attached hydrogen (secondary N) is 2. The van der Waals surface area contributed by atoms with Crippen LogP contribution in [0.5, 0.6) is 0 Å². The molecule has 1 aromatic heterocycles. The second-order valence-corrected chi connectivity index (χ2v) is 10.4. The van der Waals surface area contributed by atoms with Crippen LogP contribution in [0.2, 0.25) is 0 Å². The van der Waals surface area contributed by atoms with Crippen LogP contribution in [0, 0.1) is 13.8 Å². The van der Waals surface area contributed by atoms with E-state index in [1.54, 1.807) is 0 Å². The van der Waals surface area contributed by atoms with Gasteiger partial charge in [0.1, 0.15) is 0 Å². The zero-order valence-corrected chi connectivity index (χ0v) is 21.5. The number of carbonyl (C=O) groups excluding carboxylic acids is 2. The van der Waals surface area contributed by atoms with E-state index >= 15 is 0 Å². The maximum absolute atomic E-state index is 13.0. The fourth-order valence-corrected chi connectivity index (χ4v) is 5.15. The first-order chi connectivity index (χ1) is 16.9. The van der Waals surface area contributed by atoms with Crippen LogP contribution in [-0.2, 0) is 4.79 Å². The predicted molar refractivity (Wildman–Crippen MR) is 146 cm³/mol. The summed E-state index contributed by atoms with van der Waals surface area (Å²) in [5, 5.41) is 8.16. The molecule has 2 amide bonds. The fourth-order valence-electron chi connectivity index (χ4n) is 3.42. The van der Waals surface area contributed by atoms with E-state index in [-0.39, 0.29) is 17.1 Å². The third kappa shape index (κ3) is 6.59. The Morgan fingerprint density at radius 2 is 1.63 bits per heavy atom. The Balaban J connectivity index is 1.39. The van der Waals surface area contributed by atoms with Gasteiger partial charge < -0.3 is 10.6 Å². The van der Waals surface area contributed by atoms with E-state index in [1.165, 1.54) is 28.7 Å². The average molecular weight is 502 g/mol. The molecule has 0 fully saturated rings. The molecule has 1 unspecified atom stereocenters. The van der Waals surface area contributed by atoms with Gasteiger partial charge >= 0.3 is 0 Å². The van der Waals surface area contributed by atoms with Crippen LogP contribution < -0.4 is 10.6 Å². The predicted octanol–water partition coefficient (Wildman–Crippen LogP) is 7.19. The van der Waals surface area contributed by atoms with E-state index in [0.29, 0.717) is 22.8 Å². The summed E-state index contributed by atoms with van der Waals surface area (Å²) in [4.78, 5) is 31.0. The zero-order chi connectivity index (χ0) is 24.8. The minimum Gasteiger partial charge on any atom is -0.322 e. The van der Waals surface area contributed by atoms with Crippen LogP contribution in [0.25, 0.3) is 11.3 Å². The maximum Gasteiger partial charge on any atom is 0.255 e. The van der Waals surface area contributed by atoms with Gasteiger partial charge in [-0.25, -0.2) is 4.98 Å². The molecule has 0 bridgehead atoms. The van der Waals surface area contributed by atoms with Gasteiger partial charge in [0, 0.05) is 27.1 Å². The van der Waals surface area contributed by atoms with Crippen molar-refractivity contribution >= 4 is 45.7 Å². The Hall–Kier alpha value is -3.42. The molecule has 7 heteroatoms. The first-order valence-electron chi connectivity index (χ1n) is 11.4. The smallest absolute Gasteiger partial charge is 0.255 e. The summed E-state index contributed by atoms with van der Waals surface area (Å²) in [5.74, 6) is -0.249. The molecule has 4 aromatic rings. The number of aryl methyl sites for hydroxylation is 2. The molecule has 0 spiro atoms. The molecule has 35 heavy (non-hydrogen) atoms. The zero-order valence-electron chi connectivity index (χ0n) is 19.9. The maximum atomic E-state index is 13.0. The number of rotatable bonds is 8. The van der Waals surface area contributed by atoms with Gasteiger partial charge in [-0.05, 0) is 50.6 Å². The van der Waals surface area contributed by atoms with Crippen molar-refractivity contribution in [3.05, 3.63) is 94.9 Å². The lowest BCUT2D eigenvalue weighted by Crippen LogP contribution is -2.24. The summed E-state index contributed by atoms with van der Waals surface area (Å²) in [6, 6.07) is 23.2. The summed E-state index contributed by atoms with van der Waals surface area (Å²) >= 11 is 2.89. The number of carbonyl (C=O) groups is 2. The molecule has 4 rings (SSSR count). The van der Waals surface area contributed by atoms with E-state index in [4.69, 9.17) is 0 Å². The Morgan fingerprint density at radius 3 is 2.31 bits per heavy atom. The van der Waals surface area contributed by atoms with E-state index in [2.05, 4.69) is 15.6 Å². The van der Waals surface area contributed by atoms with Crippen LogP contribution in [-0.4, -0.2) is 22.0 Å². The average Bonchev–Trinajstić information content (AvgIpc) is 3.32. The highest BCUT2D eigenvalue weighted by Crippen LogP contribution is 2.30. The molecular formula is C28H27N3O2S2. The third-order valence-electron chi connectivity index (χ3n) is 5.43. The number of anilines is 2. The van der Waals surface area contributed by atoms with E-state index in [9.17, 15) is 9.59 Å². The minimum absolute atomic E-state index is 0.0867. The Labute approximate surface area is 214 Å². The number of thiazole rings is 1. The van der Waals surface area contributed by atoms with Crippen LogP contribution in [0.1, 0.15) is 34.8 Å². The molecule has 0 aliphatic rings. The van der Waals surface area contributed by atoms with Crippen LogP contribution in [0.4, 0.5) is 10.8 Å². The number of hydrogen-bond donors (Lipinski definition) is 2. The number of nitrogens with zero attached hydrogens (tertiary/aromatic N) is 1. The van der Waals surface area contributed by atoms with Gasteiger partial charge in [-0.2, -0.15) is 0 Å². The van der Waals surface area contributed by atoms with Crippen molar-refractivity contribution < 1.29 is 9.59 Å². The molecule has 1 atom stereocenters. The van der Waals surface area contributed by atoms with Crippen LogP contribution in [0.15, 0.2) is 83.1 Å². The van der Waals surface area contributed by atoms with Gasteiger partial charge in [-0.15, -0.1) is 23.1 Å². The lowest BCUT2D eigenvalue weighted by Gasteiger charge is -2.14. The summed E-state index contributed by atoms with van der Waals surface area (Å²) in [6.07, 6.45) is 0.659. The van der Waals surface area contributed by atoms with Gasteiger partial charge in [0.25, 0.3) is 5.91 Å². The van der Waals surface area contributed by atoms with E-state index in [1.807, 2.05) is 98.9 Å². The highest BCUT2D eigenvalue weighted by Gasteiger charge is 2.20. The largest absolute Gasteiger partial charge is 0.322 e. The van der Waals surface area contributed by atoms with Crippen LogP contribution >= 0.6 is 23.1 Å². The molecule has 0 aliphatic carbocycles. The highest BCUT2D eigenvalue weighted by molar-refractivity contribution is 8.00. The van der Waals surface area contributed by atoms with Crippen molar-refractivity contribution in [2.75, 3.05) is 10.6 Å². The van der Waals surface area contributed by atoms with Crippen molar-refractivity contribution in [2.45, 2.75) is 37.3 Å². The molecule has 0 aliphatic heterocycles. The highest BCUT2D eigenvalue weighted by atomic mass is 32.2. The van der Waals surface area contributed by atoms with Crippen molar-refractivity contribution in [1.82, 2.24) is 4.98 Å². The topological polar surface area (TPSA) is 71.1 Å². The van der Waals surface area contributed by atoms with Crippen molar-refractivity contribution in [1.29, 1.82) is 0 Å². The number of aromatic nitrogens is 1. The monoisotopic (exact) mass is 501 g/mol. The third-order valence-corrected chi connectivity index (χ3v) is 7.54. The van der Waals surface area contributed by atoms with Gasteiger partial charge in [-0.1, -0.05) is 60.5 Å². The summed E-state index contributed by atoms with van der Waals surface area (Å²) < 4.78 is 0. The number of benzene rings is 3. The minimum atomic E-state index is -0.287. The van der Waals surface area contributed by atoms with Crippen LogP contribution in [0.3, 0.4) is 0 Å². The van der Waals surface area contributed by atoms with E-state index < -0.39 is 0 Å². The second kappa shape index (κ2) is 11.3. The normalized spacial score (nSPS) is 11.6. The van der Waals surface area contributed by atoms with Crippen molar-refractivity contribution in [2.24, 2.45) is 0 Å². The molecule has 178 valence electrons. The number of thioether (sulfide) groups is 1. The van der Waals surface area contributed by atoms with Gasteiger partial charge in [0.05, 0.1) is 10.9 Å². The second-order valence-electron chi connectivity index (χ2n) is 8.26. The van der Waals surface area contributed by atoms with E-state index in [0.717, 1.165) is 21.7 Å². The Kier molecular flexibility index (Phi) is 8.00. The molecular weight excluding hydrogens is 474 g/mol. The van der Waals surface area contributed by atoms with Gasteiger partial charge in [0.15, 0.2) is 5.13 Å². The molecule has 0 saturated heterocycles. The Bertz CT molecular complexity index is 1310. The lowest BCUT2D eigenvalue weighted by molar-refractivity contribution is -0.115. The standard InChI is InChI=1S/C28H27N3O2S2/c1-4-25(27(33)31-28-30-24(17-34-28)20-12-8-18(2)9-13-20)35-23-7-5-6-22(16-23)29-26(32)21-14-10-19(3)11-15-21/h5-17,25H,4H2,1-3H3,(H,29,32)(H,30,31,33). The number of hydrogen-bond acceptors (Lipinski definition) is 5. The Morgan fingerprint density at radius 1 is 0.943 bits per heavy atom. The molecule has 5 nitrogen and oxygen atoms in total. The van der Waals surface area contributed by atoms with Gasteiger partial charge in [0.2, 0.25) is 5.91 Å². The molecule has 2 N–H and O–H groups in total. The molecule has 0 radical (unpaired) electrons. The molecule has 1 heterocycles. The first kappa shape index (κ1) is 24.7. The summed E-state index contributed by atoms with van der Waals surface area (Å²) in [5.41, 5.74) is 5.47. The first-order valence-corrected chi connectivity index (χ1v) is 13.2. The fraction of sp³-hybridized carbons (Fsp3) is 0.179. The quantitative estimate of drug-likeness (QED) is 0.251. The molecule has 3 aromatic carbocycles. The van der Waals surface area contributed by atoms with Crippen molar-refractivity contribution in [3.63, 3.8) is 0 Å². The van der Waals surface area contributed by atoms with Crippen molar-refractivity contribution in [3.8, 4) is 11.3 Å². The SMILES string of the molecule is CCC(Sc1cccc(NC(=O)c2ccc(C)cc2)c1)C(=O)Nc1nc(-c2ccc(C)cc2)cs1. The summed E-state index contributed by atoms with van der Waals surface area (Å²) in [6.45, 7) is 6.02. The lowest BCUT2D eigenvalue weighted by atomic mass is 10.1. The molecule has 0 saturated carbocycles.